The second kappa shape index (κ2) is 7.19. The SMILES string of the molecule is O=C(CCCn1cnc2ccccc2c1=O)N1CCC[C@@]2(CCOC2)C1. The van der Waals surface area contributed by atoms with Gasteiger partial charge in [-0.15, -0.1) is 0 Å². The van der Waals surface area contributed by atoms with Gasteiger partial charge in [0, 0.05) is 38.1 Å². The molecule has 6 heteroatoms. The molecule has 1 aromatic heterocycles. The van der Waals surface area contributed by atoms with Crippen LogP contribution < -0.4 is 5.56 Å². The molecule has 0 radical (unpaired) electrons. The number of ether oxygens (including phenoxy) is 1. The van der Waals surface area contributed by atoms with Crippen LogP contribution in [0.4, 0.5) is 0 Å². The van der Waals surface area contributed by atoms with Crippen molar-refractivity contribution in [3.05, 3.63) is 40.9 Å². The minimum Gasteiger partial charge on any atom is -0.381 e. The number of benzene rings is 1. The third-order valence-electron chi connectivity index (χ3n) is 5.72. The predicted molar refractivity (Wildman–Crippen MR) is 98.9 cm³/mol. The van der Waals surface area contributed by atoms with Crippen LogP contribution in [0.5, 0.6) is 0 Å². The molecule has 0 unspecified atom stereocenters. The first kappa shape index (κ1) is 17.2. The lowest BCUT2D eigenvalue weighted by Crippen LogP contribution is -2.46. The summed E-state index contributed by atoms with van der Waals surface area (Å²) in [5.74, 6) is 0.192. The summed E-state index contributed by atoms with van der Waals surface area (Å²) in [6, 6.07) is 7.35. The lowest BCUT2D eigenvalue weighted by atomic mass is 9.79. The van der Waals surface area contributed by atoms with E-state index in [0.29, 0.717) is 30.3 Å². The van der Waals surface area contributed by atoms with Crippen molar-refractivity contribution in [2.45, 2.75) is 38.6 Å². The molecule has 0 N–H and O–H groups in total. The summed E-state index contributed by atoms with van der Waals surface area (Å²) in [6.45, 7) is 3.79. The zero-order chi connectivity index (χ0) is 18.0. The molecular formula is C20H25N3O3. The van der Waals surface area contributed by atoms with Crippen LogP contribution in [0.15, 0.2) is 35.4 Å². The summed E-state index contributed by atoms with van der Waals surface area (Å²) in [6.07, 6.45) is 5.99. The Bertz CT molecular complexity index is 855. The van der Waals surface area contributed by atoms with Gasteiger partial charge in [-0.2, -0.15) is 0 Å². The Labute approximate surface area is 152 Å². The van der Waals surface area contributed by atoms with E-state index in [0.717, 1.165) is 45.6 Å². The largest absolute Gasteiger partial charge is 0.381 e. The van der Waals surface area contributed by atoms with Crippen molar-refractivity contribution in [3.63, 3.8) is 0 Å². The Hall–Kier alpha value is -2.21. The van der Waals surface area contributed by atoms with E-state index in [4.69, 9.17) is 4.74 Å². The van der Waals surface area contributed by atoms with Gasteiger partial charge in [0.1, 0.15) is 0 Å². The molecule has 1 aromatic carbocycles. The minimum absolute atomic E-state index is 0.0388. The van der Waals surface area contributed by atoms with E-state index >= 15 is 0 Å². The molecule has 2 aliphatic rings. The van der Waals surface area contributed by atoms with Crippen molar-refractivity contribution in [3.8, 4) is 0 Å². The van der Waals surface area contributed by atoms with Crippen LogP contribution in [0.1, 0.15) is 32.1 Å². The molecule has 1 amide bonds. The number of nitrogens with zero attached hydrogens (tertiary/aromatic N) is 3. The number of amides is 1. The number of likely N-dealkylation sites (tertiary alicyclic amines) is 1. The van der Waals surface area contributed by atoms with Crippen molar-refractivity contribution in [2.75, 3.05) is 26.3 Å². The number of carbonyl (C=O) groups excluding carboxylic acids is 1. The molecule has 0 saturated carbocycles. The van der Waals surface area contributed by atoms with E-state index in [9.17, 15) is 9.59 Å². The lowest BCUT2D eigenvalue weighted by Gasteiger charge is -2.39. The van der Waals surface area contributed by atoms with Gasteiger partial charge in [-0.25, -0.2) is 4.98 Å². The van der Waals surface area contributed by atoms with E-state index in [1.807, 2.05) is 23.1 Å². The zero-order valence-electron chi connectivity index (χ0n) is 15.0. The number of para-hydroxylation sites is 1. The number of fused-ring (bicyclic) bond motifs is 1. The average Bonchev–Trinajstić information content (AvgIpc) is 3.11. The molecule has 2 saturated heterocycles. The Morgan fingerprint density at radius 1 is 1.27 bits per heavy atom. The summed E-state index contributed by atoms with van der Waals surface area (Å²) in [5.41, 5.74) is 0.859. The number of piperidine rings is 1. The van der Waals surface area contributed by atoms with E-state index in [-0.39, 0.29) is 16.9 Å². The average molecular weight is 355 g/mol. The van der Waals surface area contributed by atoms with Crippen molar-refractivity contribution in [1.82, 2.24) is 14.5 Å². The fourth-order valence-corrected chi connectivity index (χ4v) is 4.22. The zero-order valence-corrected chi connectivity index (χ0v) is 15.0. The monoisotopic (exact) mass is 355 g/mol. The fourth-order valence-electron chi connectivity index (χ4n) is 4.22. The second-order valence-corrected chi connectivity index (χ2v) is 7.59. The minimum atomic E-state index is -0.0388. The maximum Gasteiger partial charge on any atom is 0.261 e. The molecule has 26 heavy (non-hydrogen) atoms. The van der Waals surface area contributed by atoms with E-state index < -0.39 is 0 Å². The first-order valence-corrected chi connectivity index (χ1v) is 9.47. The van der Waals surface area contributed by atoms with Crippen molar-refractivity contribution < 1.29 is 9.53 Å². The second-order valence-electron chi connectivity index (χ2n) is 7.59. The first-order valence-electron chi connectivity index (χ1n) is 9.47. The molecule has 4 rings (SSSR count). The standard InChI is InChI=1S/C20H25N3O3/c24-18(22-11-4-8-20(13-22)9-12-26-14-20)7-3-10-23-15-21-17-6-2-1-5-16(17)19(23)25/h1-2,5-6,15H,3-4,7-14H2/t20-/m1/s1. The molecule has 2 aliphatic heterocycles. The third kappa shape index (κ3) is 3.38. The Morgan fingerprint density at radius 2 is 2.15 bits per heavy atom. The van der Waals surface area contributed by atoms with Gasteiger partial charge in [-0.1, -0.05) is 12.1 Å². The molecule has 3 heterocycles. The van der Waals surface area contributed by atoms with E-state index in [1.165, 1.54) is 0 Å². The van der Waals surface area contributed by atoms with Gasteiger partial charge in [-0.05, 0) is 37.8 Å². The van der Waals surface area contributed by atoms with Crippen LogP contribution in [-0.4, -0.2) is 46.7 Å². The molecular weight excluding hydrogens is 330 g/mol. The molecule has 6 nitrogen and oxygen atoms in total. The van der Waals surface area contributed by atoms with Crippen molar-refractivity contribution in [1.29, 1.82) is 0 Å². The molecule has 138 valence electrons. The van der Waals surface area contributed by atoms with E-state index in [1.54, 1.807) is 17.0 Å². The highest BCUT2D eigenvalue weighted by Crippen LogP contribution is 2.37. The lowest BCUT2D eigenvalue weighted by molar-refractivity contribution is -0.134. The number of rotatable bonds is 4. The van der Waals surface area contributed by atoms with Gasteiger partial charge in [0.25, 0.3) is 5.56 Å². The number of hydrogen-bond acceptors (Lipinski definition) is 4. The molecule has 2 fully saturated rings. The highest BCUT2D eigenvalue weighted by molar-refractivity contribution is 5.77. The fraction of sp³-hybridized carbons (Fsp3) is 0.550. The number of aryl methyl sites for hydroxylation is 1. The molecule has 1 atom stereocenters. The summed E-state index contributed by atoms with van der Waals surface area (Å²) in [5, 5.41) is 0.625. The Kier molecular flexibility index (Phi) is 4.76. The smallest absolute Gasteiger partial charge is 0.261 e. The van der Waals surface area contributed by atoms with Crippen LogP contribution in [-0.2, 0) is 16.1 Å². The summed E-state index contributed by atoms with van der Waals surface area (Å²) in [7, 11) is 0. The van der Waals surface area contributed by atoms with Crippen LogP contribution in [0, 0.1) is 5.41 Å². The van der Waals surface area contributed by atoms with Crippen LogP contribution in [0.3, 0.4) is 0 Å². The van der Waals surface area contributed by atoms with Crippen LogP contribution in [0.25, 0.3) is 10.9 Å². The van der Waals surface area contributed by atoms with Crippen LogP contribution in [0.2, 0.25) is 0 Å². The molecule has 1 spiro atoms. The third-order valence-corrected chi connectivity index (χ3v) is 5.72. The van der Waals surface area contributed by atoms with Gasteiger partial charge in [0.2, 0.25) is 5.91 Å². The predicted octanol–water partition coefficient (Wildman–Crippen LogP) is 2.21. The summed E-state index contributed by atoms with van der Waals surface area (Å²) in [4.78, 5) is 31.4. The highest BCUT2D eigenvalue weighted by atomic mass is 16.5. The van der Waals surface area contributed by atoms with Gasteiger partial charge in [0.05, 0.1) is 23.8 Å². The van der Waals surface area contributed by atoms with Gasteiger partial charge >= 0.3 is 0 Å². The first-order chi connectivity index (χ1) is 12.7. The maximum absolute atomic E-state index is 12.6. The normalized spacial score (nSPS) is 23.0. The number of aromatic nitrogens is 2. The van der Waals surface area contributed by atoms with Crippen molar-refractivity contribution >= 4 is 16.8 Å². The molecule has 2 aromatic rings. The molecule has 0 bridgehead atoms. The Morgan fingerprint density at radius 3 is 3.00 bits per heavy atom. The Balaban J connectivity index is 1.35. The van der Waals surface area contributed by atoms with Gasteiger partial charge < -0.3 is 9.64 Å². The number of hydrogen-bond donors (Lipinski definition) is 0. The maximum atomic E-state index is 12.6. The van der Waals surface area contributed by atoms with Gasteiger partial charge in [-0.3, -0.25) is 14.2 Å². The molecule has 0 aliphatic carbocycles. The van der Waals surface area contributed by atoms with E-state index in [2.05, 4.69) is 4.98 Å². The van der Waals surface area contributed by atoms with Gasteiger partial charge in [0.15, 0.2) is 0 Å². The quantitative estimate of drug-likeness (QED) is 0.843. The topological polar surface area (TPSA) is 64.4 Å². The highest BCUT2D eigenvalue weighted by Gasteiger charge is 2.39. The summed E-state index contributed by atoms with van der Waals surface area (Å²) >= 11 is 0. The van der Waals surface area contributed by atoms with Crippen LogP contribution >= 0.6 is 0 Å². The van der Waals surface area contributed by atoms with Crippen molar-refractivity contribution in [2.24, 2.45) is 5.41 Å². The number of carbonyl (C=O) groups is 1. The summed E-state index contributed by atoms with van der Waals surface area (Å²) < 4.78 is 7.18.